The van der Waals surface area contributed by atoms with Crippen LogP contribution in [0.15, 0.2) is 23.1 Å². The zero-order chi connectivity index (χ0) is 15.4. The zero-order valence-electron chi connectivity index (χ0n) is 12.1. The van der Waals surface area contributed by atoms with Crippen molar-refractivity contribution in [3.05, 3.63) is 18.2 Å². The van der Waals surface area contributed by atoms with Gasteiger partial charge in [0.2, 0.25) is 10.0 Å². The summed E-state index contributed by atoms with van der Waals surface area (Å²) < 4.78 is 36.9. The summed E-state index contributed by atoms with van der Waals surface area (Å²) in [5.41, 5.74) is -1.09. The average molecular weight is 303 g/mol. The number of rotatable bonds is 7. The Morgan fingerprint density at radius 1 is 1.30 bits per heavy atom. The lowest BCUT2D eigenvalue weighted by Gasteiger charge is -2.22. The predicted octanol–water partition coefficient (Wildman–Crippen LogP) is 1.14. The molecule has 0 saturated heterocycles. The van der Waals surface area contributed by atoms with Crippen molar-refractivity contribution in [2.75, 3.05) is 20.8 Å². The van der Waals surface area contributed by atoms with Crippen molar-refractivity contribution in [1.82, 2.24) is 4.72 Å². The molecular formula is C13H21NO5S. The van der Waals surface area contributed by atoms with E-state index in [2.05, 4.69) is 4.72 Å². The standard InChI is InChI=1S/C13H21NO5S/c1-5-13(2,15)9-14-20(16,17)12-7-6-10(18-3)8-11(12)19-4/h6-8,14-15H,5,9H2,1-4H3. The number of nitrogens with one attached hydrogen (secondary N) is 1. The molecule has 1 aromatic carbocycles. The lowest BCUT2D eigenvalue weighted by atomic mass is 10.1. The van der Waals surface area contributed by atoms with Gasteiger partial charge in [-0.1, -0.05) is 6.92 Å². The lowest BCUT2D eigenvalue weighted by Crippen LogP contribution is -2.40. The van der Waals surface area contributed by atoms with E-state index in [4.69, 9.17) is 9.47 Å². The maximum Gasteiger partial charge on any atom is 0.244 e. The normalized spacial score (nSPS) is 14.7. The van der Waals surface area contributed by atoms with Gasteiger partial charge < -0.3 is 14.6 Å². The highest BCUT2D eigenvalue weighted by molar-refractivity contribution is 7.89. The average Bonchev–Trinajstić information content (AvgIpc) is 2.44. The highest BCUT2D eigenvalue weighted by Crippen LogP contribution is 2.28. The first kappa shape index (κ1) is 16.7. The van der Waals surface area contributed by atoms with Crippen molar-refractivity contribution in [3.8, 4) is 11.5 Å². The molecule has 0 amide bonds. The van der Waals surface area contributed by atoms with Gasteiger partial charge in [0.25, 0.3) is 0 Å². The van der Waals surface area contributed by atoms with E-state index in [-0.39, 0.29) is 17.2 Å². The molecule has 0 heterocycles. The summed E-state index contributed by atoms with van der Waals surface area (Å²) >= 11 is 0. The Bertz CT molecular complexity index is 554. The molecule has 0 saturated carbocycles. The molecule has 0 spiro atoms. The molecule has 0 aromatic heterocycles. The third-order valence-electron chi connectivity index (χ3n) is 3.06. The fourth-order valence-electron chi connectivity index (χ4n) is 1.45. The van der Waals surface area contributed by atoms with Crippen LogP contribution in [0, 0.1) is 0 Å². The topological polar surface area (TPSA) is 84.9 Å². The summed E-state index contributed by atoms with van der Waals surface area (Å²) in [7, 11) is -0.891. The Morgan fingerprint density at radius 2 is 1.95 bits per heavy atom. The van der Waals surface area contributed by atoms with Crippen molar-refractivity contribution >= 4 is 10.0 Å². The first-order valence-electron chi connectivity index (χ1n) is 6.20. The third kappa shape index (κ3) is 4.09. The summed E-state index contributed by atoms with van der Waals surface area (Å²) in [6.45, 7) is 3.28. The number of hydrogen-bond donors (Lipinski definition) is 2. The molecule has 0 aliphatic carbocycles. The van der Waals surface area contributed by atoms with Crippen molar-refractivity contribution < 1.29 is 23.0 Å². The largest absolute Gasteiger partial charge is 0.497 e. The van der Waals surface area contributed by atoms with E-state index >= 15 is 0 Å². The van der Waals surface area contributed by atoms with Gasteiger partial charge in [-0.15, -0.1) is 0 Å². The molecule has 1 atom stereocenters. The highest BCUT2D eigenvalue weighted by Gasteiger charge is 2.24. The van der Waals surface area contributed by atoms with E-state index in [1.165, 1.54) is 32.4 Å². The Balaban J connectivity index is 3.03. The van der Waals surface area contributed by atoms with Crippen molar-refractivity contribution in [3.63, 3.8) is 0 Å². The number of benzene rings is 1. The van der Waals surface area contributed by atoms with E-state index in [1.807, 2.05) is 0 Å². The van der Waals surface area contributed by atoms with Crippen LogP contribution in [0.2, 0.25) is 0 Å². The van der Waals surface area contributed by atoms with Gasteiger partial charge in [0, 0.05) is 12.6 Å². The second kappa shape index (κ2) is 6.43. The first-order chi connectivity index (χ1) is 9.25. The third-order valence-corrected chi connectivity index (χ3v) is 4.51. The Hall–Kier alpha value is -1.31. The van der Waals surface area contributed by atoms with Gasteiger partial charge in [-0.25, -0.2) is 13.1 Å². The minimum absolute atomic E-state index is 0.00713. The minimum atomic E-state index is -3.76. The molecule has 114 valence electrons. The second-order valence-electron chi connectivity index (χ2n) is 4.69. The molecule has 0 bridgehead atoms. The van der Waals surface area contributed by atoms with Gasteiger partial charge in [-0.3, -0.25) is 0 Å². The molecule has 0 aliphatic rings. The van der Waals surface area contributed by atoms with Gasteiger partial charge in [-0.05, 0) is 25.5 Å². The summed E-state index contributed by atoms with van der Waals surface area (Å²) in [5, 5.41) is 9.86. The molecule has 0 radical (unpaired) electrons. The number of sulfonamides is 1. The summed E-state index contributed by atoms with van der Waals surface area (Å²) in [6, 6.07) is 4.43. The van der Waals surface area contributed by atoms with Crippen LogP contribution in [0.3, 0.4) is 0 Å². The smallest absolute Gasteiger partial charge is 0.244 e. The van der Waals surface area contributed by atoms with Gasteiger partial charge in [0.05, 0.1) is 19.8 Å². The van der Waals surface area contributed by atoms with Crippen LogP contribution in [0.5, 0.6) is 11.5 Å². The van der Waals surface area contributed by atoms with E-state index < -0.39 is 15.6 Å². The fourth-order valence-corrected chi connectivity index (χ4v) is 2.76. The van der Waals surface area contributed by atoms with Crippen LogP contribution in [-0.4, -0.2) is 39.9 Å². The summed E-state index contributed by atoms with van der Waals surface area (Å²) in [4.78, 5) is 0.00713. The summed E-state index contributed by atoms with van der Waals surface area (Å²) in [5.74, 6) is 0.689. The Kier molecular flexibility index (Phi) is 5.38. The van der Waals surface area contributed by atoms with Crippen molar-refractivity contribution in [2.24, 2.45) is 0 Å². The highest BCUT2D eigenvalue weighted by atomic mass is 32.2. The van der Waals surface area contributed by atoms with E-state index in [0.717, 1.165) is 0 Å². The van der Waals surface area contributed by atoms with E-state index in [1.54, 1.807) is 13.8 Å². The lowest BCUT2D eigenvalue weighted by molar-refractivity contribution is 0.0613. The van der Waals surface area contributed by atoms with Crippen LogP contribution in [0.1, 0.15) is 20.3 Å². The zero-order valence-corrected chi connectivity index (χ0v) is 13.0. The van der Waals surface area contributed by atoms with Crippen LogP contribution < -0.4 is 14.2 Å². The molecular weight excluding hydrogens is 282 g/mol. The van der Waals surface area contributed by atoms with Crippen molar-refractivity contribution in [1.29, 1.82) is 0 Å². The van der Waals surface area contributed by atoms with E-state index in [9.17, 15) is 13.5 Å². The maximum absolute atomic E-state index is 12.2. The molecule has 20 heavy (non-hydrogen) atoms. The van der Waals surface area contributed by atoms with Gasteiger partial charge in [0.1, 0.15) is 16.4 Å². The van der Waals surface area contributed by atoms with Crippen LogP contribution in [0.25, 0.3) is 0 Å². The number of ether oxygens (including phenoxy) is 2. The van der Waals surface area contributed by atoms with Gasteiger partial charge in [-0.2, -0.15) is 0 Å². The number of aliphatic hydroxyl groups is 1. The fraction of sp³-hybridized carbons (Fsp3) is 0.538. The summed E-state index contributed by atoms with van der Waals surface area (Å²) in [6.07, 6.45) is 0.440. The molecule has 1 unspecified atom stereocenters. The molecule has 1 aromatic rings. The van der Waals surface area contributed by atoms with Crippen LogP contribution in [-0.2, 0) is 10.0 Å². The van der Waals surface area contributed by atoms with Crippen LogP contribution in [0.4, 0.5) is 0 Å². The Labute approximate surface area is 119 Å². The molecule has 7 heteroatoms. The first-order valence-corrected chi connectivity index (χ1v) is 7.68. The molecule has 0 fully saturated rings. The van der Waals surface area contributed by atoms with Gasteiger partial charge >= 0.3 is 0 Å². The number of methoxy groups -OCH3 is 2. The predicted molar refractivity (Wildman–Crippen MR) is 75.6 cm³/mol. The minimum Gasteiger partial charge on any atom is -0.497 e. The molecule has 2 N–H and O–H groups in total. The monoisotopic (exact) mass is 303 g/mol. The SMILES string of the molecule is CCC(C)(O)CNS(=O)(=O)c1ccc(OC)cc1OC. The van der Waals surface area contributed by atoms with Gasteiger partial charge in [0.15, 0.2) is 0 Å². The molecule has 0 aliphatic heterocycles. The molecule has 6 nitrogen and oxygen atoms in total. The number of hydrogen-bond acceptors (Lipinski definition) is 5. The van der Waals surface area contributed by atoms with Crippen LogP contribution >= 0.6 is 0 Å². The second-order valence-corrected chi connectivity index (χ2v) is 6.43. The maximum atomic E-state index is 12.2. The Morgan fingerprint density at radius 3 is 2.45 bits per heavy atom. The quantitative estimate of drug-likeness (QED) is 0.789. The molecule has 1 rings (SSSR count). The van der Waals surface area contributed by atoms with E-state index in [0.29, 0.717) is 12.2 Å². The van der Waals surface area contributed by atoms with Crippen molar-refractivity contribution in [2.45, 2.75) is 30.8 Å².